The molecule has 2 N–H and O–H groups in total. The van der Waals surface area contributed by atoms with E-state index < -0.39 is 5.97 Å². The molecule has 0 aliphatic rings. The number of hydrogen-bond acceptors (Lipinski definition) is 4. The van der Waals surface area contributed by atoms with Crippen LogP contribution in [0.25, 0.3) is 0 Å². The summed E-state index contributed by atoms with van der Waals surface area (Å²) in [4.78, 5) is 11.7. The highest BCUT2D eigenvalue weighted by molar-refractivity contribution is 9.10. The van der Waals surface area contributed by atoms with Gasteiger partial charge in [0.05, 0.1) is 12.7 Å². The van der Waals surface area contributed by atoms with Gasteiger partial charge in [-0.25, -0.2) is 4.79 Å². The molecule has 110 valence electrons. The summed E-state index contributed by atoms with van der Waals surface area (Å²) in [6, 6.07) is 11.2. The minimum absolute atomic E-state index is 0.323. The lowest BCUT2D eigenvalue weighted by molar-refractivity contribution is 0.0601. The van der Waals surface area contributed by atoms with E-state index in [2.05, 4.69) is 15.9 Å². The van der Waals surface area contributed by atoms with Gasteiger partial charge in [-0.05, 0) is 42.3 Å². The number of carbonyl (C=O) groups excluding carboxylic acids is 1. The minimum atomic E-state index is -0.468. The van der Waals surface area contributed by atoms with E-state index in [4.69, 9.17) is 15.2 Å². The van der Waals surface area contributed by atoms with Crippen molar-refractivity contribution in [3.8, 4) is 5.75 Å². The highest BCUT2D eigenvalue weighted by atomic mass is 79.9. The molecule has 0 heterocycles. The molecule has 4 nitrogen and oxygen atoms in total. The maximum atomic E-state index is 11.7. The lowest BCUT2D eigenvalue weighted by Crippen LogP contribution is -2.08. The Hall–Kier alpha value is -2.01. The molecule has 0 bridgehead atoms. The summed E-state index contributed by atoms with van der Waals surface area (Å²) in [5.74, 6) is 0.120. The minimum Gasteiger partial charge on any atom is -0.489 e. The second-order valence-corrected chi connectivity index (χ2v) is 5.52. The maximum absolute atomic E-state index is 11.7. The molecule has 0 saturated heterocycles. The first-order chi connectivity index (χ1) is 10.0. The van der Waals surface area contributed by atoms with Crippen LogP contribution in [0.1, 0.15) is 21.5 Å². The Labute approximate surface area is 132 Å². The van der Waals surface area contributed by atoms with Gasteiger partial charge in [0.25, 0.3) is 0 Å². The van der Waals surface area contributed by atoms with Crippen molar-refractivity contribution in [2.24, 2.45) is 0 Å². The fourth-order valence-corrected chi connectivity index (χ4v) is 2.14. The van der Waals surface area contributed by atoms with Crippen LogP contribution in [0.5, 0.6) is 5.75 Å². The Morgan fingerprint density at radius 2 is 1.90 bits per heavy atom. The van der Waals surface area contributed by atoms with Crippen LogP contribution >= 0.6 is 15.9 Å². The number of benzene rings is 2. The van der Waals surface area contributed by atoms with Crippen molar-refractivity contribution in [3.63, 3.8) is 0 Å². The van der Waals surface area contributed by atoms with Crippen LogP contribution in [0.4, 0.5) is 5.69 Å². The Morgan fingerprint density at radius 3 is 2.52 bits per heavy atom. The topological polar surface area (TPSA) is 61.5 Å². The van der Waals surface area contributed by atoms with E-state index >= 15 is 0 Å². The van der Waals surface area contributed by atoms with Gasteiger partial charge in [-0.15, -0.1) is 0 Å². The number of hydrogen-bond donors (Lipinski definition) is 1. The summed E-state index contributed by atoms with van der Waals surface area (Å²) in [6.07, 6.45) is 0. The van der Waals surface area contributed by atoms with Gasteiger partial charge in [-0.2, -0.15) is 0 Å². The van der Waals surface area contributed by atoms with Crippen molar-refractivity contribution >= 4 is 27.6 Å². The summed E-state index contributed by atoms with van der Waals surface area (Å²) < 4.78 is 11.5. The second kappa shape index (κ2) is 6.63. The van der Waals surface area contributed by atoms with Gasteiger partial charge >= 0.3 is 5.97 Å². The number of esters is 1. The third kappa shape index (κ3) is 3.76. The summed E-state index contributed by atoms with van der Waals surface area (Å²) in [6.45, 7) is 2.24. The van der Waals surface area contributed by atoms with Gasteiger partial charge < -0.3 is 15.2 Å². The molecule has 5 heteroatoms. The molecule has 21 heavy (non-hydrogen) atoms. The zero-order chi connectivity index (χ0) is 15.4. The van der Waals surface area contributed by atoms with Crippen molar-refractivity contribution in [3.05, 3.63) is 57.6 Å². The normalized spacial score (nSPS) is 10.2. The number of nitrogen functional groups attached to an aromatic ring is 1. The van der Waals surface area contributed by atoms with Crippen molar-refractivity contribution in [1.82, 2.24) is 0 Å². The lowest BCUT2D eigenvalue weighted by Gasteiger charge is -2.12. The van der Waals surface area contributed by atoms with Crippen LogP contribution in [0.15, 0.2) is 40.9 Å². The van der Waals surface area contributed by atoms with Crippen LogP contribution in [0.3, 0.4) is 0 Å². The quantitative estimate of drug-likeness (QED) is 0.675. The standard InChI is InChI=1S/C16H16BrNO3/c1-10-7-13(8-14(15(10)18)16(19)20-2)21-9-11-3-5-12(17)6-4-11/h3-8H,9,18H2,1-2H3. The fraction of sp³-hybridized carbons (Fsp3) is 0.188. The molecule has 0 aliphatic heterocycles. The molecular formula is C16H16BrNO3. The van der Waals surface area contributed by atoms with Crippen molar-refractivity contribution in [2.75, 3.05) is 12.8 Å². The van der Waals surface area contributed by atoms with E-state index in [1.54, 1.807) is 12.1 Å². The fourth-order valence-electron chi connectivity index (χ4n) is 1.87. The van der Waals surface area contributed by atoms with Crippen LogP contribution in [0, 0.1) is 6.92 Å². The van der Waals surface area contributed by atoms with Gasteiger partial charge in [-0.1, -0.05) is 28.1 Å². The molecule has 0 unspecified atom stereocenters. The summed E-state index contributed by atoms with van der Waals surface area (Å²) in [5.41, 5.74) is 8.44. The monoisotopic (exact) mass is 349 g/mol. The smallest absolute Gasteiger partial charge is 0.340 e. The predicted octanol–water partition coefficient (Wildman–Crippen LogP) is 3.71. The van der Waals surface area contributed by atoms with Crippen LogP contribution < -0.4 is 10.5 Å². The Kier molecular flexibility index (Phi) is 4.85. The molecule has 0 radical (unpaired) electrons. The predicted molar refractivity (Wildman–Crippen MR) is 85.4 cm³/mol. The Morgan fingerprint density at radius 1 is 1.24 bits per heavy atom. The first-order valence-electron chi connectivity index (χ1n) is 6.37. The van der Waals surface area contributed by atoms with Crippen molar-refractivity contribution < 1.29 is 14.3 Å². The lowest BCUT2D eigenvalue weighted by atomic mass is 10.1. The molecule has 2 rings (SSSR count). The molecule has 0 atom stereocenters. The van der Waals surface area contributed by atoms with E-state index in [0.717, 1.165) is 15.6 Å². The zero-order valence-electron chi connectivity index (χ0n) is 11.9. The molecule has 0 spiro atoms. The molecule has 2 aromatic rings. The van der Waals surface area contributed by atoms with Crippen molar-refractivity contribution in [1.29, 1.82) is 0 Å². The van der Waals surface area contributed by atoms with Crippen LogP contribution in [-0.2, 0) is 11.3 Å². The first-order valence-corrected chi connectivity index (χ1v) is 7.16. The summed E-state index contributed by atoms with van der Waals surface area (Å²) >= 11 is 3.39. The highest BCUT2D eigenvalue weighted by Crippen LogP contribution is 2.25. The van der Waals surface area contributed by atoms with Gasteiger partial charge in [0, 0.05) is 10.2 Å². The van der Waals surface area contributed by atoms with Crippen molar-refractivity contribution in [2.45, 2.75) is 13.5 Å². The van der Waals surface area contributed by atoms with E-state index in [1.165, 1.54) is 7.11 Å². The van der Waals surface area contributed by atoms with E-state index in [-0.39, 0.29) is 0 Å². The summed E-state index contributed by atoms with van der Waals surface area (Å²) in [7, 11) is 1.33. The van der Waals surface area contributed by atoms with Crippen LogP contribution in [-0.4, -0.2) is 13.1 Å². The van der Waals surface area contributed by atoms with Gasteiger partial charge in [0.2, 0.25) is 0 Å². The third-order valence-corrected chi connectivity index (χ3v) is 3.61. The molecular weight excluding hydrogens is 334 g/mol. The SMILES string of the molecule is COC(=O)c1cc(OCc2ccc(Br)cc2)cc(C)c1N. The van der Waals surface area contributed by atoms with Crippen LogP contribution in [0.2, 0.25) is 0 Å². The number of nitrogens with two attached hydrogens (primary N) is 1. The maximum Gasteiger partial charge on any atom is 0.340 e. The zero-order valence-corrected chi connectivity index (χ0v) is 13.4. The number of rotatable bonds is 4. The third-order valence-electron chi connectivity index (χ3n) is 3.08. The first kappa shape index (κ1) is 15.4. The summed E-state index contributed by atoms with van der Waals surface area (Å²) in [5, 5.41) is 0. The Balaban J connectivity index is 2.18. The molecule has 0 aromatic heterocycles. The molecule has 0 amide bonds. The average molecular weight is 350 g/mol. The number of carbonyl (C=O) groups is 1. The largest absolute Gasteiger partial charge is 0.489 e. The molecule has 0 fully saturated rings. The number of halogens is 1. The average Bonchev–Trinajstić information content (AvgIpc) is 2.49. The highest BCUT2D eigenvalue weighted by Gasteiger charge is 2.14. The number of anilines is 1. The molecule has 2 aromatic carbocycles. The Bertz CT molecular complexity index is 653. The second-order valence-electron chi connectivity index (χ2n) is 4.61. The number of ether oxygens (including phenoxy) is 2. The molecule has 0 aliphatic carbocycles. The van der Waals surface area contributed by atoms with E-state index in [1.807, 2.05) is 31.2 Å². The van der Waals surface area contributed by atoms with Gasteiger partial charge in [0.1, 0.15) is 12.4 Å². The number of aryl methyl sites for hydroxylation is 1. The van der Waals surface area contributed by atoms with Gasteiger partial charge in [-0.3, -0.25) is 0 Å². The van der Waals surface area contributed by atoms with Gasteiger partial charge in [0.15, 0.2) is 0 Å². The molecule has 0 saturated carbocycles. The van der Waals surface area contributed by atoms with E-state index in [9.17, 15) is 4.79 Å². The number of methoxy groups -OCH3 is 1. The van der Waals surface area contributed by atoms with E-state index in [0.29, 0.717) is 23.6 Å².